The largest absolute Gasteiger partial charge is 0.476 e. The molecular formula is C9H12ClNO3. The van der Waals surface area contributed by atoms with E-state index in [4.69, 9.17) is 21.1 Å². The molecule has 0 N–H and O–H groups in total. The Morgan fingerprint density at radius 2 is 2.64 bits per heavy atom. The summed E-state index contributed by atoms with van der Waals surface area (Å²) in [5.74, 6) is 0. The van der Waals surface area contributed by atoms with Gasteiger partial charge in [-0.15, -0.1) is 6.58 Å². The average molecular weight is 218 g/mol. The first-order chi connectivity index (χ1) is 6.65. The van der Waals surface area contributed by atoms with E-state index in [1.165, 1.54) is 17.4 Å². The fraction of sp³-hybridized carbons (Fsp3) is 0.444. The summed E-state index contributed by atoms with van der Waals surface area (Å²) in [4.78, 5) is 12.7. The number of hydrogen-bond acceptors (Lipinski definition) is 3. The van der Waals surface area contributed by atoms with Crippen molar-refractivity contribution in [3.63, 3.8) is 0 Å². The van der Waals surface area contributed by atoms with Gasteiger partial charge in [0.1, 0.15) is 6.26 Å². The highest BCUT2D eigenvalue weighted by Gasteiger charge is 2.27. The highest BCUT2D eigenvalue weighted by atomic mass is 35.5. The van der Waals surface area contributed by atoms with Gasteiger partial charge in [0, 0.05) is 12.6 Å². The summed E-state index contributed by atoms with van der Waals surface area (Å²) in [5, 5.41) is 0. The van der Waals surface area contributed by atoms with Crippen molar-refractivity contribution in [3.05, 3.63) is 25.1 Å². The second kappa shape index (κ2) is 4.91. The summed E-state index contributed by atoms with van der Waals surface area (Å²) in [5.41, 5.74) is -0.652. The number of alkyl halides is 1. The van der Waals surface area contributed by atoms with Crippen molar-refractivity contribution in [3.8, 4) is 0 Å². The zero-order valence-corrected chi connectivity index (χ0v) is 8.61. The lowest BCUT2D eigenvalue weighted by atomic mass is 10.3. The molecule has 2 unspecified atom stereocenters. The second-order valence-electron chi connectivity index (χ2n) is 2.73. The smallest absolute Gasteiger partial charge is 0.418 e. The lowest BCUT2D eigenvalue weighted by Gasteiger charge is -2.21. The normalized spacial score (nSPS) is 21.6. The van der Waals surface area contributed by atoms with Crippen molar-refractivity contribution in [2.75, 3.05) is 0 Å². The van der Waals surface area contributed by atoms with Gasteiger partial charge in [-0.3, -0.25) is 0 Å². The van der Waals surface area contributed by atoms with E-state index in [1.807, 2.05) is 0 Å². The van der Waals surface area contributed by atoms with E-state index in [-0.39, 0.29) is 6.23 Å². The first kappa shape index (κ1) is 10.9. The molecule has 0 bridgehead atoms. The number of ether oxygens (including phenoxy) is 2. The Kier molecular flexibility index (Phi) is 3.83. The van der Waals surface area contributed by atoms with Crippen LogP contribution in [0.5, 0.6) is 0 Å². The maximum Gasteiger partial charge on any atom is 0.418 e. The topological polar surface area (TPSA) is 38.8 Å². The summed E-state index contributed by atoms with van der Waals surface area (Å²) < 4.78 is 9.94. The van der Waals surface area contributed by atoms with Crippen LogP contribution < -0.4 is 0 Å². The Bertz CT molecular complexity index is 252. The molecule has 0 saturated carbocycles. The van der Waals surface area contributed by atoms with Crippen LogP contribution in [0.2, 0.25) is 0 Å². The van der Waals surface area contributed by atoms with Crippen LogP contribution in [0, 0.1) is 0 Å². The minimum absolute atomic E-state index is 0.365. The van der Waals surface area contributed by atoms with Gasteiger partial charge in [-0.05, 0) is 6.92 Å². The van der Waals surface area contributed by atoms with E-state index in [0.717, 1.165) is 0 Å². The molecule has 1 heterocycles. The molecule has 1 rings (SSSR count). The fourth-order valence-electron chi connectivity index (χ4n) is 1.04. The van der Waals surface area contributed by atoms with E-state index in [0.29, 0.717) is 6.42 Å². The van der Waals surface area contributed by atoms with E-state index in [1.54, 1.807) is 13.0 Å². The molecule has 0 saturated heterocycles. The van der Waals surface area contributed by atoms with E-state index in [2.05, 4.69) is 6.58 Å². The van der Waals surface area contributed by atoms with Gasteiger partial charge in [0.25, 0.3) is 0 Å². The number of carbonyl (C=O) groups excluding carboxylic acids is 1. The van der Waals surface area contributed by atoms with Gasteiger partial charge in [0.05, 0.1) is 0 Å². The molecule has 1 amide bonds. The third-order valence-electron chi connectivity index (χ3n) is 1.61. The van der Waals surface area contributed by atoms with Gasteiger partial charge in [-0.1, -0.05) is 17.7 Å². The molecule has 0 radical (unpaired) electrons. The van der Waals surface area contributed by atoms with Gasteiger partial charge >= 0.3 is 6.09 Å². The van der Waals surface area contributed by atoms with Crippen LogP contribution in [0.3, 0.4) is 0 Å². The summed E-state index contributed by atoms with van der Waals surface area (Å²) in [6, 6.07) is 0. The average Bonchev–Trinajstić information content (AvgIpc) is 2.51. The Hall–Kier alpha value is -1.16. The molecule has 14 heavy (non-hydrogen) atoms. The van der Waals surface area contributed by atoms with Crippen LogP contribution in [0.1, 0.15) is 13.3 Å². The van der Waals surface area contributed by atoms with E-state index in [9.17, 15) is 4.79 Å². The zero-order valence-electron chi connectivity index (χ0n) is 7.85. The third-order valence-corrected chi connectivity index (χ3v) is 1.70. The van der Waals surface area contributed by atoms with Gasteiger partial charge in [0.15, 0.2) is 11.8 Å². The van der Waals surface area contributed by atoms with Crippen molar-refractivity contribution < 1.29 is 14.3 Å². The Morgan fingerprint density at radius 3 is 3.21 bits per heavy atom. The molecule has 0 aromatic heterocycles. The molecular weight excluding hydrogens is 206 g/mol. The van der Waals surface area contributed by atoms with Crippen LogP contribution in [0.25, 0.3) is 0 Å². The van der Waals surface area contributed by atoms with Crippen molar-refractivity contribution in [2.45, 2.75) is 25.1 Å². The highest BCUT2D eigenvalue weighted by molar-refractivity contribution is 6.19. The summed E-state index contributed by atoms with van der Waals surface area (Å²) in [6.45, 7) is 5.14. The zero-order chi connectivity index (χ0) is 10.6. The number of halogens is 1. The lowest BCUT2D eigenvalue weighted by molar-refractivity contribution is 0.0389. The molecule has 0 aliphatic carbocycles. The molecule has 0 spiro atoms. The molecule has 78 valence electrons. The van der Waals surface area contributed by atoms with Crippen molar-refractivity contribution in [1.29, 1.82) is 0 Å². The minimum atomic E-state index is -0.652. The monoisotopic (exact) mass is 217 g/mol. The fourth-order valence-corrected chi connectivity index (χ4v) is 1.12. The Morgan fingerprint density at radius 1 is 1.93 bits per heavy atom. The van der Waals surface area contributed by atoms with Crippen molar-refractivity contribution in [1.82, 2.24) is 4.90 Å². The maximum absolute atomic E-state index is 11.4. The summed E-state index contributed by atoms with van der Waals surface area (Å²) in [7, 11) is 0. The Labute approximate surface area is 87.7 Å². The predicted octanol–water partition coefficient (Wildman–Crippen LogP) is 2.41. The molecule has 0 aromatic rings. The van der Waals surface area contributed by atoms with Gasteiger partial charge in [-0.25, -0.2) is 9.69 Å². The van der Waals surface area contributed by atoms with E-state index < -0.39 is 11.7 Å². The minimum Gasteiger partial charge on any atom is -0.476 e. The number of carbonyl (C=O) groups is 1. The van der Waals surface area contributed by atoms with Crippen LogP contribution in [-0.2, 0) is 9.47 Å². The van der Waals surface area contributed by atoms with Crippen molar-refractivity contribution in [2.24, 2.45) is 0 Å². The first-order valence-electron chi connectivity index (χ1n) is 4.21. The van der Waals surface area contributed by atoms with Gasteiger partial charge < -0.3 is 9.47 Å². The third kappa shape index (κ3) is 2.67. The molecule has 1 aliphatic heterocycles. The maximum atomic E-state index is 11.4. The molecule has 0 aromatic carbocycles. The van der Waals surface area contributed by atoms with Crippen LogP contribution in [0.4, 0.5) is 4.79 Å². The van der Waals surface area contributed by atoms with Gasteiger partial charge in [0.2, 0.25) is 0 Å². The number of hydrogen-bond donors (Lipinski definition) is 0. The predicted molar refractivity (Wildman–Crippen MR) is 52.5 cm³/mol. The molecule has 4 nitrogen and oxygen atoms in total. The molecule has 0 fully saturated rings. The molecule has 1 aliphatic rings. The molecule has 2 atom stereocenters. The van der Waals surface area contributed by atoms with E-state index >= 15 is 0 Å². The molecule has 5 heteroatoms. The number of rotatable bonds is 3. The van der Waals surface area contributed by atoms with Crippen LogP contribution in [0.15, 0.2) is 25.1 Å². The standard InChI is InChI=1S/C9H12ClNO3/c1-3-4-8-11(5-6-13-8)9(12)14-7(2)10/h3,5-8H,1,4H2,2H3. The van der Waals surface area contributed by atoms with Crippen LogP contribution >= 0.6 is 11.6 Å². The lowest BCUT2D eigenvalue weighted by Crippen LogP contribution is -2.34. The SMILES string of the molecule is C=CCC1OC=CN1C(=O)OC(C)Cl. The summed E-state index contributed by atoms with van der Waals surface area (Å²) >= 11 is 5.52. The quantitative estimate of drug-likeness (QED) is 0.538. The van der Waals surface area contributed by atoms with Crippen LogP contribution in [-0.4, -0.2) is 22.8 Å². The number of amides is 1. The second-order valence-corrected chi connectivity index (χ2v) is 3.35. The summed E-state index contributed by atoms with van der Waals surface area (Å²) in [6.07, 6.45) is 4.27. The highest BCUT2D eigenvalue weighted by Crippen LogP contribution is 2.17. The Balaban J connectivity index is 2.52. The van der Waals surface area contributed by atoms with Gasteiger partial charge in [-0.2, -0.15) is 0 Å². The van der Waals surface area contributed by atoms with Crippen molar-refractivity contribution >= 4 is 17.7 Å². The first-order valence-corrected chi connectivity index (χ1v) is 4.65. The number of nitrogens with zero attached hydrogens (tertiary/aromatic N) is 1.